The third-order valence-electron chi connectivity index (χ3n) is 4.83. The van der Waals surface area contributed by atoms with Gasteiger partial charge in [0, 0.05) is 18.7 Å². The van der Waals surface area contributed by atoms with Gasteiger partial charge in [-0.05, 0) is 49.1 Å². The van der Waals surface area contributed by atoms with Crippen molar-refractivity contribution in [2.24, 2.45) is 0 Å². The van der Waals surface area contributed by atoms with Crippen LogP contribution in [0.3, 0.4) is 0 Å². The van der Waals surface area contributed by atoms with Gasteiger partial charge in [-0.3, -0.25) is 4.90 Å². The Balaban J connectivity index is 1.69. The lowest BCUT2D eigenvalue weighted by molar-refractivity contribution is 0.0696. The maximum atomic E-state index is 11.2. The zero-order valence-electron chi connectivity index (χ0n) is 14.8. The van der Waals surface area contributed by atoms with E-state index in [1.54, 1.807) is 12.1 Å². The van der Waals surface area contributed by atoms with Gasteiger partial charge >= 0.3 is 5.97 Å². The number of ether oxygens (including phenoxy) is 1. The highest BCUT2D eigenvalue weighted by Crippen LogP contribution is 2.29. The highest BCUT2D eigenvalue weighted by Gasteiger charge is 2.22. The van der Waals surface area contributed by atoms with Crippen molar-refractivity contribution in [1.29, 1.82) is 0 Å². The summed E-state index contributed by atoms with van der Waals surface area (Å²) in [6, 6.07) is 15.2. The van der Waals surface area contributed by atoms with Crippen LogP contribution in [0.2, 0.25) is 0 Å². The number of nitrogens with zero attached hydrogens (tertiary/aromatic N) is 1. The molecule has 0 radical (unpaired) electrons. The second-order valence-corrected chi connectivity index (χ2v) is 6.68. The summed E-state index contributed by atoms with van der Waals surface area (Å²) in [5.74, 6) is 0.277. The van der Waals surface area contributed by atoms with Gasteiger partial charge in [0.05, 0.1) is 12.2 Å². The highest BCUT2D eigenvalue weighted by atomic mass is 16.5. The molecule has 2 aromatic carbocycles. The molecule has 0 bridgehead atoms. The highest BCUT2D eigenvalue weighted by molar-refractivity contribution is 5.87. The van der Waals surface area contributed by atoms with Crippen molar-refractivity contribution < 1.29 is 19.7 Å². The van der Waals surface area contributed by atoms with Crippen LogP contribution in [0, 0.1) is 0 Å². The Kier molecular flexibility index (Phi) is 6.26. The van der Waals surface area contributed by atoms with Crippen LogP contribution in [-0.2, 0) is 6.54 Å². The first-order valence-corrected chi connectivity index (χ1v) is 9.04. The van der Waals surface area contributed by atoms with Crippen LogP contribution in [0.1, 0.15) is 40.2 Å². The van der Waals surface area contributed by atoms with Crippen molar-refractivity contribution in [1.82, 2.24) is 4.90 Å². The van der Waals surface area contributed by atoms with Crippen molar-refractivity contribution in [2.75, 3.05) is 26.3 Å². The van der Waals surface area contributed by atoms with Gasteiger partial charge in [0.15, 0.2) is 0 Å². The minimum absolute atomic E-state index is 0.0000402. The molecule has 1 aliphatic rings. The van der Waals surface area contributed by atoms with Gasteiger partial charge in [0.1, 0.15) is 12.4 Å². The Labute approximate surface area is 153 Å². The Morgan fingerprint density at radius 3 is 2.85 bits per heavy atom. The number of hydrogen-bond acceptors (Lipinski definition) is 4. The molecule has 5 heteroatoms. The van der Waals surface area contributed by atoms with Crippen LogP contribution in [0.5, 0.6) is 5.75 Å². The summed E-state index contributed by atoms with van der Waals surface area (Å²) in [4.78, 5) is 13.6. The summed E-state index contributed by atoms with van der Waals surface area (Å²) in [5, 5.41) is 18.2. The summed E-state index contributed by atoms with van der Waals surface area (Å²) < 4.78 is 5.64. The van der Waals surface area contributed by atoms with Gasteiger partial charge in [-0.2, -0.15) is 0 Å². The first kappa shape index (κ1) is 18.4. The number of carbonyl (C=O) groups is 1. The van der Waals surface area contributed by atoms with Crippen LogP contribution < -0.4 is 4.74 Å². The molecule has 0 amide bonds. The molecule has 1 saturated heterocycles. The Morgan fingerprint density at radius 2 is 2.04 bits per heavy atom. The monoisotopic (exact) mass is 355 g/mol. The van der Waals surface area contributed by atoms with Crippen molar-refractivity contribution in [3.63, 3.8) is 0 Å². The standard InChI is InChI=1S/C21H25NO4/c23-11-12-26-20-9-2-1-5-19(20)15-22-10-4-8-18(14-22)16-6-3-7-17(13-16)21(24)25/h1-3,5-7,9,13,18,23H,4,8,10-12,14-15H2,(H,24,25)/t18-/m1/s1. The molecule has 138 valence electrons. The lowest BCUT2D eigenvalue weighted by atomic mass is 9.89. The quantitative estimate of drug-likeness (QED) is 0.798. The smallest absolute Gasteiger partial charge is 0.335 e. The molecule has 5 nitrogen and oxygen atoms in total. The van der Waals surface area contributed by atoms with Crippen molar-refractivity contribution >= 4 is 5.97 Å². The third-order valence-corrected chi connectivity index (χ3v) is 4.83. The van der Waals surface area contributed by atoms with Crippen LogP contribution in [-0.4, -0.2) is 47.4 Å². The van der Waals surface area contributed by atoms with E-state index in [0.717, 1.165) is 49.4 Å². The second-order valence-electron chi connectivity index (χ2n) is 6.68. The number of carboxylic acid groups (broad SMARTS) is 1. The van der Waals surface area contributed by atoms with Gasteiger partial charge in [-0.25, -0.2) is 4.79 Å². The van der Waals surface area contributed by atoms with E-state index in [1.165, 1.54) is 0 Å². The summed E-state index contributed by atoms with van der Waals surface area (Å²) in [5.41, 5.74) is 2.56. The van der Waals surface area contributed by atoms with Crippen molar-refractivity contribution in [3.8, 4) is 5.75 Å². The van der Waals surface area contributed by atoms with Crippen molar-refractivity contribution in [2.45, 2.75) is 25.3 Å². The van der Waals surface area contributed by atoms with Gasteiger partial charge < -0.3 is 14.9 Å². The minimum atomic E-state index is -0.880. The molecule has 0 aromatic heterocycles. The number of carboxylic acids is 1. The number of para-hydroxylation sites is 1. The number of piperidine rings is 1. The maximum Gasteiger partial charge on any atom is 0.335 e. The first-order chi connectivity index (χ1) is 12.7. The van der Waals surface area contributed by atoms with E-state index in [1.807, 2.05) is 30.3 Å². The van der Waals surface area contributed by atoms with Crippen LogP contribution in [0.4, 0.5) is 0 Å². The summed E-state index contributed by atoms with van der Waals surface area (Å²) >= 11 is 0. The summed E-state index contributed by atoms with van der Waals surface area (Å²) in [7, 11) is 0. The second kappa shape index (κ2) is 8.83. The van der Waals surface area contributed by atoms with Gasteiger partial charge in [-0.1, -0.05) is 30.3 Å². The molecule has 1 fully saturated rings. The first-order valence-electron chi connectivity index (χ1n) is 9.04. The Bertz CT molecular complexity index is 746. The summed E-state index contributed by atoms with van der Waals surface area (Å²) in [6.45, 7) is 3.00. The van der Waals surface area contributed by atoms with Crippen LogP contribution in [0.15, 0.2) is 48.5 Å². The molecule has 0 aliphatic carbocycles. The largest absolute Gasteiger partial charge is 0.491 e. The Hall–Kier alpha value is -2.37. The molecule has 0 saturated carbocycles. The average molecular weight is 355 g/mol. The molecule has 2 N–H and O–H groups in total. The number of likely N-dealkylation sites (tertiary alicyclic amines) is 1. The fraction of sp³-hybridized carbons (Fsp3) is 0.381. The number of rotatable bonds is 7. The number of aliphatic hydroxyl groups is 1. The lowest BCUT2D eigenvalue weighted by Crippen LogP contribution is -2.34. The minimum Gasteiger partial charge on any atom is -0.491 e. The molecule has 2 aromatic rings. The SMILES string of the molecule is O=C(O)c1cccc([C@@H]2CCCN(Cc3ccccc3OCCO)C2)c1. The number of aromatic carboxylic acids is 1. The van der Waals surface area contributed by atoms with Crippen molar-refractivity contribution in [3.05, 3.63) is 65.2 Å². The van der Waals surface area contributed by atoms with E-state index in [0.29, 0.717) is 18.1 Å². The molecule has 0 unspecified atom stereocenters. The van der Waals surface area contributed by atoms with E-state index in [2.05, 4.69) is 11.0 Å². The molecular formula is C21H25NO4. The topological polar surface area (TPSA) is 70.0 Å². The van der Waals surface area contributed by atoms with Gasteiger partial charge in [-0.15, -0.1) is 0 Å². The predicted octanol–water partition coefficient (Wildman–Crippen LogP) is 3.14. The molecule has 1 aliphatic heterocycles. The number of hydrogen-bond donors (Lipinski definition) is 2. The number of aliphatic hydroxyl groups excluding tert-OH is 1. The lowest BCUT2D eigenvalue weighted by Gasteiger charge is -2.33. The molecule has 26 heavy (non-hydrogen) atoms. The van der Waals surface area contributed by atoms with E-state index in [4.69, 9.17) is 9.84 Å². The zero-order valence-corrected chi connectivity index (χ0v) is 14.8. The molecule has 1 atom stereocenters. The van der Waals surface area contributed by atoms with E-state index >= 15 is 0 Å². The average Bonchev–Trinajstić information content (AvgIpc) is 2.67. The van der Waals surface area contributed by atoms with Gasteiger partial charge in [0.2, 0.25) is 0 Å². The fourth-order valence-electron chi connectivity index (χ4n) is 3.57. The van der Waals surface area contributed by atoms with E-state index in [-0.39, 0.29) is 6.61 Å². The molecule has 1 heterocycles. The van der Waals surface area contributed by atoms with Crippen LogP contribution >= 0.6 is 0 Å². The van der Waals surface area contributed by atoms with E-state index in [9.17, 15) is 9.90 Å². The third kappa shape index (κ3) is 4.62. The molecule has 0 spiro atoms. The fourth-order valence-corrected chi connectivity index (χ4v) is 3.57. The number of benzene rings is 2. The van der Waals surface area contributed by atoms with Gasteiger partial charge in [0.25, 0.3) is 0 Å². The maximum absolute atomic E-state index is 11.2. The predicted molar refractivity (Wildman–Crippen MR) is 99.7 cm³/mol. The zero-order chi connectivity index (χ0) is 18.4. The summed E-state index contributed by atoms with van der Waals surface area (Å²) in [6.07, 6.45) is 2.16. The van der Waals surface area contributed by atoms with E-state index < -0.39 is 5.97 Å². The Morgan fingerprint density at radius 1 is 1.19 bits per heavy atom. The normalized spacial score (nSPS) is 17.8. The van der Waals surface area contributed by atoms with Crippen LogP contribution in [0.25, 0.3) is 0 Å². The molecular weight excluding hydrogens is 330 g/mol. The molecule has 3 rings (SSSR count).